The molecule has 1 aliphatic rings. The normalized spacial score (nSPS) is 19.6. The van der Waals surface area contributed by atoms with Crippen molar-refractivity contribution >= 4 is 0 Å². The van der Waals surface area contributed by atoms with Crippen molar-refractivity contribution in [1.82, 2.24) is 0 Å². The van der Waals surface area contributed by atoms with Crippen molar-refractivity contribution in [2.75, 3.05) is 6.67 Å². The molecule has 0 radical (unpaired) electrons. The van der Waals surface area contributed by atoms with Gasteiger partial charge in [-0.15, -0.1) is 0 Å². The van der Waals surface area contributed by atoms with Gasteiger partial charge in [-0.25, -0.2) is 0 Å². The molecule has 1 fully saturated rings. The van der Waals surface area contributed by atoms with Gasteiger partial charge >= 0.3 is 0 Å². The number of alkyl halides is 1. The summed E-state index contributed by atoms with van der Waals surface area (Å²) in [7, 11) is 0. The highest BCUT2D eigenvalue weighted by Gasteiger charge is 2.19. The molecular formula is C26H30FN. The van der Waals surface area contributed by atoms with E-state index in [1.807, 2.05) is 24.3 Å². The van der Waals surface area contributed by atoms with Crippen molar-refractivity contribution in [2.45, 2.75) is 51.4 Å². The SMILES string of the molecule is N#Cc1ccc(-c2ccc(CC[C@H]3CC[C@H](C=CCCCF)CC3)cc2)cc1. The second kappa shape index (κ2) is 10.8. The molecule has 0 spiro atoms. The molecule has 1 aliphatic carbocycles. The van der Waals surface area contributed by atoms with Gasteiger partial charge in [0.15, 0.2) is 0 Å². The van der Waals surface area contributed by atoms with Gasteiger partial charge in [0.2, 0.25) is 0 Å². The Labute approximate surface area is 168 Å². The number of nitrogens with zero attached hydrogens (tertiary/aromatic N) is 1. The Morgan fingerprint density at radius 2 is 1.57 bits per heavy atom. The third-order valence-electron chi connectivity index (χ3n) is 5.95. The number of hydrogen-bond donors (Lipinski definition) is 0. The molecule has 3 rings (SSSR count). The Morgan fingerprint density at radius 3 is 2.18 bits per heavy atom. The second-order valence-electron chi connectivity index (χ2n) is 7.96. The molecule has 0 saturated heterocycles. The molecule has 1 saturated carbocycles. The molecule has 0 amide bonds. The first kappa shape index (κ1) is 20.3. The van der Waals surface area contributed by atoms with E-state index in [-0.39, 0.29) is 6.67 Å². The lowest BCUT2D eigenvalue weighted by Gasteiger charge is -2.26. The van der Waals surface area contributed by atoms with E-state index >= 15 is 0 Å². The van der Waals surface area contributed by atoms with Gasteiger partial charge < -0.3 is 0 Å². The first-order valence-corrected chi connectivity index (χ1v) is 10.6. The van der Waals surface area contributed by atoms with E-state index in [4.69, 9.17) is 5.26 Å². The quantitative estimate of drug-likeness (QED) is 0.351. The summed E-state index contributed by atoms with van der Waals surface area (Å²) in [4.78, 5) is 0. The average molecular weight is 376 g/mol. The van der Waals surface area contributed by atoms with E-state index in [1.165, 1.54) is 43.2 Å². The second-order valence-corrected chi connectivity index (χ2v) is 7.96. The van der Waals surface area contributed by atoms with Gasteiger partial charge in [-0.1, -0.05) is 48.6 Å². The van der Waals surface area contributed by atoms with Crippen LogP contribution in [0.5, 0.6) is 0 Å². The van der Waals surface area contributed by atoms with Crippen LogP contribution < -0.4 is 0 Å². The average Bonchev–Trinajstić information content (AvgIpc) is 2.76. The van der Waals surface area contributed by atoms with E-state index in [2.05, 4.69) is 42.5 Å². The molecule has 146 valence electrons. The van der Waals surface area contributed by atoms with Crippen LogP contribution in [0.3, 0.4) is 0 Å². The smallest absolute Gasteiger partial charge is 0.0991 e. The maximum absolute atomic E-state index is 12.1. The fraction of sp³-hybridized carbons (Fsp3) is 0.423. The summed E-state index contributed by atoms with van der Waals surface area (Å²) in [5.41, 5.74) is 4.47. The molecular weight excluding hydrogens is 345 g/mol. The molecule has 2 heteroatoms. The maximum Gasteiger partial charge on any atom is 0.0991 e. The Morgan fingerprint density at radius 1 is 0.929 bits per heavy atom. The Hall–Kier alpha value is -2.40. The molecule has 0 aromatic heterocycles. The van der Waals surface area contributed by atoms with Crippen LogP contribution in [-0.4, -0.2) is 6.67 Å². The largest absolute Gasteiger partial charge is 0.251 e. The number of unbranched alkanes of at least 4 members (excludes halogenated alkanes) is 1. The van der Waals surface area contributed by atoms with Crippen LogP contribution in [0.25, 0.3) is 11.1 Å². The van der Waals surface area contributed by atoms with E-state index in [0.29, 0.717) is 17.9 Å². The lowest BCUT2D eigenvalue weighted by atomic mass is 9.79. The van der Waals surface area contributed by atoms with Crippen LogP contribution in [0.1, 0.15) is 56.1 Å². The number of rotatable bonds is 8. The molecule has 28 heavy (non-hydrogen) atoms. The molecule has 0 aliphatic heterocycles. The van der Waals surface area contributed by atoms with Gasteiger partial charge in [-0.2, -0.15) is 5.26 Å². The van der Waals surface area contributed by atoms with Crippen molar-refractivity contribution < 1.29 is 4.39 Å². The summed E-state index contributed by atoms with van der Waals surface area (Å²) in [6.07, 6.45) is 13.7. The summed E-state index contributed by atoms with van der Waals surface area (Å²) in [6.45, 7) is -0.203. The van der Waals surface area contributed by atoms with Gasteiger partial charge in [-0.3, -0.25) is 4.39 Å². The lowest BCUT2D eigenvalue weighted by molar-refractivity contribution is 0.296. The van der Waals surface area contributed by atoms with Gasteiger partial charge in [-0.05, 0) is 92.0 Å². The summed E-state index contributed by atoms with van der Waals surface area (Å²) >= 11 is 0. The third-order valence-corrected chi connectivity index (χ3v) is 5.95. The number of allylic oxidation sites excluding steroid dienone is 2. The van der Waals surface area contributed by atoms with Crippen LogP contribution >= 0.6 is 0 Å². The fourth-order valence-electron chi connectivity index (χ4n) is 4.12. The number of nitriles is 1. The Bertz CT molecular complexity index is 775. The molecule has 0 unspecified atom stereocenters. The predicted molar refractivity (Wildman–Crippen MR) is 115 cm³/mol. The van der Waals surface area contributed by atoms with Crippen LogP contribution in [-0.2, 0) is 6.42 Å². The van der Waals surface area contributed by atoms with Gasteiger partial charge in [0.05, 0.1) is 18.3 Å². The molecule has 0 atom stereocenters. The Balaban J connectivity index is 1.43. The van der Waals surface area contributed by atoms with Crippen molar-refractivity contribution in [3.8, 4) is 17.2 Å². The highest BCUT2D eigenvalue weighted by atomic mass is 19.1. The molecule has 2 aromatic carbocycles. The van der Waals surface area contributed by atoms with Gasteiger partial charge in [0.25, 0.3) is 0 Å². The maximum atomic E-state index is 12.1. The van der Waals surface area contributed by atoms with Crippen molar-refractivity contribution in [1.29, 1.82) is 5.26 Å². The minimum atomic E-state index is -0.203. The molecule has 1 nitrogen and oxygen atoms in total. The highest BCUT2D eigenvalue weighted by molar-refractivity contribution is 5.64. The summed E-state index contributed by atoms with van der Waals surface area (Å²) < 4.78 is 12.1. The summed E-state index contributed by atoms with van der Waals surface area (Å²) in [5.74, 6) is 1.55. The summed E-state index contributed by atoms with van der Waals surface area (Å²) in [6, 6.07) is 18.8. The van der Waals surface area contributed by atoms with Crippen LogP contribution in [0.15, 0.2) is 60.7 Å². The molecule has 2 aromatic rings. The zero-order chi connectivity index (χ0) is 19.6. The van der Waals surface area contributed by atoms with E-state index in [1.54, 1.807) is 0 Å². The van der Waals surface area contributed by atoms with E-state index < -0.39 is 0 Å². The van der Waals surface area contributed by atoms with Crippen molar-refractivity contribution in [3.63, 3.8) is 0 Å². The topological polar surface area (TPSA) is 23.8 Å². The minimum absolute atomic E-state index is 0.203. The zero-order valence-corrected chi connectivity index (χ0v) is 16.6. The van der Waals surface area contributed by atoms with Crippen LogP contribution in [0.2, 0.25) is 0 Å². The van der Waals surface area contributed by atoms with Crippen LogP contribution in [0, 0.1) is 23.2 Å². The first-order valence-electron chi connectivity index (χ1n) is 10.6. The monoisotopic (exact) mass is 375 g/mol. The minimum Gasteiger partial charge on any atom is -0.251 e. The number of halogens is 1. The number of benzene rings is 2. The predicted octanol–water partition coefficient (Wildman–Crippen LogP) is 7.27. The third kappa shape index (κ3) is 6.06. The zero-order valence-electron chi connectivity index (χ0n) is 16.6. The van der Waals surface area contributed by atoms with Gasteiger partial charge in [0, 0.05) is 0 Å². The van der Waals surface area contributed by atoms with Crippen LogP contribution in [0.4, 0.5) is 4.39 Å². The number of hydrogen-bond acceptors (Lipinski definition) is 1. The Kier molecular flexibility index (Phi) is 7.85. The van der Waals surface area contributed by atoms with Crippen molar-refractivity contribution in [2.24, 2.45) is 11.8 Å². The molecule has 0 bridgehead atoms. The first-order chi connectivity index (χ1) is 13.8. The van der Waals surface area contributed by atoms with Gasteiger partial charge in [0.1, 0.15) is 0 Å². The number of aryl methyl sites for hydroxylation is 1. The molecule has 0 heterocycles. The summed E-state index contributed by atoms with van der Waals surface area (Å²) in [5, 5.41) is 8.91. The lowest BCUT2D eigenvalue weighted by Crippen LogP contribution is -2.13. The highest BCUT2D eigenvalue weighted by Crippen LogP contribution is 2.32. The molecule has 0 N–H and O–H groups in total. The van der Waals surface area contributed by atoms with E-state index in [0.717, 1.165) is 24.3 Å². The van der Waals surface area contributed by atoms with E-state index in [9.17, 15) is 4.39 Å². The van der Waals surface area contributed by atoms with Crippen molar-refractivity contribution in [3.05, 3.63) is 71.8 Å². The standard InChI is InChI=1S/C26H30FN/c27-19-3-1-2-4-21-5-7-22(8-6-21)9-10-23-11-15-25(16-12-23)26-17-13-24(20-28)14-18-26/h2,4,11-18,21-22H,1,3,5-10,19H2/t21-,22-. The fourth-order valence-corrected chi connectivity index (χ4v) is 4.12.